The number of rotatable bonds is 3. The highest BCUT2D eigenvalue weighted by Gasteiger charge is 2.26. The maximum Gasteiger partial charge on any atom is 0.231 e. The first-order valence-corrected chi connectivity index (χ1v) is 9.08. The molecule has 1 atom stereocenters. The second-order valence-electron chi connectivity index (χ2n) is 6.18. The monoisotopic (exact) mass is 330 g/mol. The Bertz CT molecular complexity index is 677. The van der Waals surface area contributed by atoms with Crippen LogP contribution in [0.15, 0.2) is 29.6 Å². The molecule has 1 fully saturated rings. The van der Waals surface area contributed by atoms with Crippen LogP contribution in [-0.2, 0) is 0 Å². The number of nitrogens with one attached hydrogen (secondary N) is 1. The second kappa shape index (κ2) is 6.51. The molecule has 0 aliphatic carbocycles. The zero-order chi connectivity index (χ0) is 15.6. The fourth-order valence-electron chi connectivity index (χ4n) is 3.36. The summed E-state index contributed by atoms with van der Waals surface area (Å²) in [5.41, 5.74) is 2.63. The molecule has 1 aromatic carbocycles. The van der Waals surface area contributed by atoms with E-state index in [1.165, 1.54) is 22.4 Å². The molecule has 0 amide bonds. The maximum absolute atomic E-state index is 5.59. The van der Waals surface area contributed by atoms with E-state index in [-0.39, 0.29) is 0 Å². The van der Waals surface area contributed by atoms with E-state index in [0.717, 1.165) is 37.7 Å². The number of fused-ring (bicyclic) bond motifs is 1. The quantitative estimate of drug-likeness (QED) is 0.937. The maximum atomic E-state index is 5.59. The Kier molecular flexibility index (Phi) is 4.25. The zero-order valence-electron chi connectivity index (χ0n) is 13.4. The lowest BCUT2D eigenvalue weighted by molar-refractivity contribution is 0.174. The molecule has 23 heavy (non-hydrogen) atoms. The normalized spacial score (nSPS) is 19.5. The van der Waals surface area contributed by atoms with Crippen molar-refractivity contribution in [2.24, 2.45) is 0 Å². The van der Waals surface area contributed by atoms with E-state index in [1.807, 2.05) is 17.4 Å². The minimum atomic E-state index is 0.295. The Balaban J connectivity index is 1.72. The molecule has 5 heteroatoms. The van der Waals surface area contributed by atoms with Crippen LogP contribution in [0.4, 0.5) is 0 Å². The van der Waals surface area contributed by atoms with Crippen molar-refractivity contribution in [3.8, 4) is 11.5 Å². The molecule has 2 aliphatic rings. The van der Waals surface area contributed by atoms with Crippen molar-refractivity contribution in [3.63, 3.8) is 0 Å². The highest BCUT2D eigenvalue weighted by Crippen LogP contribution is 2.39. The van der Waals surface area contributed by atoms with Gasteiger partial charge in [-0.25, -0.2) is 0 Å². The van der Waals surface area contributed by atoms with Gasteiger partial charge in [0.25, 0.3) is 0 Å². The van der Waals surface area contributed by atoms with Crippen LogP contribution in [0.5, 0.6) is 11.5 Å². The fourth-order valence-corrected chi connectivity index (χ4v) is 4.42. The summed E-state index contributed by atoms with van der Waals surface area (Å²) in [4.78, 5) is 3.99. The molecule has 122 valence electrons. The van der Waals surface area contributed by atoms with E-state index >= 15 is 0 Å². The van der Waals surface area contributed by atoms with Crippen molar-refractivity contribution < 1.29 is 9.47 Å². The van der Waals surface area contributed by atoms with Crippen molar-refractivity contribution in [2.45, 2.75) is 19.4 Å². The van der Waals surface area contributed by atoms with Crippen molar-refractivity contribution in [1.29, 1.82) is 0 Å². The number of hydrogen-bond donors (Lipinski definition) is 1. The largest absolute Gasteiger partial charge is 0.454 e. The first-order valence-electron chi connectivity index (χ1n) is 8.20. The van der Waals surface area contributed by atoms with Gasteiger partial charge >= 0.3 is 0 Å². The Morgan fingerprint density at radius 1 is 1.13 bits per heavy atom. The van der Waals surface area contributed by atoms with Gasteiger partial charge in [-0.15, -0.1) is 11.3 Å². The highest BCUT2D eigenvalue weighted by molar-refractivity contribution is 7.10. The van der Waals surface area contributed by atoms with E-state index in [0.29, 0.717) is 12.8 Å². The van der Waals surface area contributed by atoms with Gasteiger partial charge in [-0.2, -0.15) is 0 Å². The number of aryl methyl sites for hydroxylation is 1. The molecule has 2 aliphatic heterocycles. The van der Waals surface area contributed by atoms with Crippen LogP contribution in [0.1, 0.15) is 28.5 Å². The van der Waals surface area contributed by atoms with Crippen molar-refractivity contribution in [3.05, 3.63) is 45.6 Å². The third kappa shape index (κ3) is 3.09. The van der Waals surface area contributed by atoms with Gasteiger partial charge in [0.2, 0.25) is 6.79 Å². The standard InChI is InChI=1S/C18H22N2O2S/c1-13-9-17(23-11-13)18(20-7-2-5-19-6-8-20)14-3-4-15-16(10-14)22-12-21-15/h3-4,9-11,18-19H,2,5-8,12H2,1H3. The van der Waals surface area contributed by atoms with Gasteiger partial charge in [-0.3, -0.25) is 4.90 Å². The summed E-state index contributed by atoms with van der Waals surface area (Å²) in [6.07, 6.45) is 1.19. The first kappa shape index (κ1) is 15.0. The number of benzene rings is 1. The summed E-state index contributed by atoms with van der Waals surface area (Å²) in [6.45, 7) is 6.83. The molecule has 0 spiro atoms. The molecular formula is C18H22N2O2S. The van der Waals surface area contributed by atoms with Crippen LogP contribution in [0.3, 0.4) is 0 Å². The van der Waals surface area contributed by atoms with Crippen LogP contribution in [0.25, 0.3) is 0 Å². The zero-order valence-corrected chi connectivity index (χ0v) is 14.2. The summed E-state index contributed by atoms with van der Waals surface area (Å²) < 4.78 is 11.1. The molecule has 3 heterocycles. The number of ether oxygens (including phenoxy) is 2. The van der Waals surface area contributed by atoms with Crippen LogP contribution >= 0.6 is 11.3 Å². The van der Waals surface area contributed by atoms with Crippen molar-refractivity contribution in [2.75, 3.05) is 33.0 Å². The van der Waals surface area contributed by atoms with Gasteiger partial charge in [-0.1, -0.05) is 6.07 Å². The third-order valence-electron chi connectivity index (χ3n) is 4.47. The Morgan fingerprint density at radius 2 is 2.04 bits per heavy atom. The van der Waals surface area contributed by atoms with Gasteiger partial charge in [0.15, 0.2) is 11.5 Å². The number of thiophene rings is 1. The van der Waals surface area contributed by atoms with Crippen molar-refractivity contribution >= 4 is 11.3 Å². The molecule has 1 N–H and O–H groups in total. The third-order valence-corrected chi connectivity index (χ3v) is 5.58. The average molecular weight is 330 g/mol. The van der Waals surface area contributed by atoms with Crippen molar-refractivity contribution in [1.82, 2.24) is 10.2 Å². The van der Waals surface area contributed by atoms with Crippen LogP contribution in [0.2, 0.25) is 0 Å². The molecule has 0 saturated carbocycles. The molecule has 4 nitrogen and oxygen atoms in total. The molecule has 2 aromatic rings. The molecule has 1 unspecified atom stereocenters. The Hall–Kier alpha value is -1.56. The molecule has 4 rings (SSSR count). The molecule has 0 bridgehead atoms. The van der Waals surface area contributed by atoms with Crippen LogP contribution in [-0.4, -0.2) is 37.9 Å². The number of nitrogens with zero attached hydrogens (tertiary/aromatic N) is 1. The van der Waals surface area contributed by atoms with E-state index < -0.39 is 0 Å². The molecule has 0 radical (unpaired) electrons. The lowest BCUT2D eigenvalue weighted by Gasteiger charge is -2.30. The summed E-state index contributed by atoms with van der Waals surface area (Å²) in [5.74, 6) is 1.72. The topological polar surface area (TPSA) is 33.7 Å². The van der Waals surface area contributed by atoms with E-state index in [9.17, 15) is 0 Å². The average Bonchev–Trinajstić information content (AvgIpc) is 3.10. The Morgan fingerprint density at radius 3 is 2.91 bits per heavy atom. The summed E-state index contributed by atoms with van der Waals surface area (Å²) >= 11 is 1.85. The fraction of sp³-hybridized carbons (Fsp3) is 0.444. The van der Waals surface area contributed by atoms with Gasteiger partial charge in [0.05, 0.1) is 6.04 Å². The van der Waals surface area contributed by atoms with E-state index in [4.69, 9.17) is 9.47 Å². The SMILES string of the molecule is Cc1csc(C(c2ccc3c(c2)OCO3)N2CCCNCC2)c1. The van der Waals surface area contributed by atoms with Crippen LogP contribution < -0.4 is 14.8 Å². The highest BCUT2D eigenvalue weighted by atomic mass is 32.1. The lowest BCUT2D eigenvalue weighted by atomic mass is 10.0. The molecule has 1 saturated heterocycles. The van der Waals surface area contributed by atoms with Gasteiger partial charge in [0.1, 0.15) is 0 Å². The second-order valence-corrected chi connectivity index (χ2v) is 7.12. The molecule has 1 aromatic heterocycles. The minimum Gasteiger partial charge on any atom is -0.454 e. The smallest absolute Gasteiger partial charge is 0.231 e. The van der Waals surface area contributed by atoms with Crippen LogP contribution in [0, 0.1) is 6.92 Å². The molecular weight excluding hydrogens is 308 g/mol. The van der Waals surface area contributed by atoms with E-state index in [1.54, 1.807) is 0 Å². The van der Waals surface area contributed by atoms with E-state index in [2.05, 4.69) is 40.7 Å². The summed E-state index contributed by atoms with van der Waals surface area (Å²) in [7, 11) is 0. The van der Waals surface area contributed by atoms with Gasteiger partial charge in [0, 0.05) is 24.5 Å². The predicted molar refractivity (Wildman–Crippen MR) is 92.5 cm³/mol. The van der Waals surface area contributed by atoms with Gasteiger partial charge in [-0.05, 0) is 54.6 Å². The number of hydrogen-bond acceptors (Lipinski definition) is 5. The first-order chi connectivity index (χ1) is 11.3. The lowest BCUT2D eigenvalue weighted by Crippen LogP contribution is -2.32. The predicted octanol–water partition coefficient (Wildman–Crippen LogP) is 3.17. The Labute approximate surface area is 141 Å². The minimum absolute atomic E-state index is 0.295. The summed E-state index contributed by atoms with van der Waals surface area (Å²) in [6, 6.07) is 8.99. The van der Waals surface area contributed by atoms with Gasteiger partial charge < -0.3 is 14.8 Å². The summed E-state index contributed by atoms with van der Waals surface area (Å²) in [5, 5.41) is 5.74.